The molecule has 0 aromatic heterocycles. The van der Waals surface area contributed by atoms with Crippen LogP contribution in [0.5, 0.6) is 0 Å². The van der Waals surface area contributed by atoms with Crippen LogP contribution in [0.25, 0.3) is 0 Å². The predicted molar refractivity (Wildman–Crippen MR) is 61.0 cm³/mol. The first-order valence-electron chi connectivity index (χ1n) is 5.11. The van der Waals surface area contributed by atoms with Crippen molar-refractivity contribution in [3.8, 4) is 0 Å². The van der Waals surface area contributed by atoms with Crippen LogP contribution >= 0.6 is 0 Å². The van der Waals surface area contributed by atoms with Gasteiger partial charge in [-0.3, -0.25) is 0 Å². The second-order valence-electron chi connectivity index (χ2n) is 3.00. The Morgan fingerprint density at radius 3 is 2.12 bits per heavy atom. The molecule has 0 radical (unpaired) electrons. The lowest BCUT2D eigenvalue weighted by Crippen LogP contribution is -2.12. The summed E-state index contributed by atoms with van der Waals surface area (Å²) in [5.41, 5.74) is 1.34. The molecule has 96 valence electrons. The molecule has 0 bridgehead atoms. The van der Waals surface area contributed by atoms with Crippen LogP contribution in [0.4, 0.5) is 0 Å². The minimum Gasteiger partial charge on any atom is -0.463 e. The molecule has 0 aliphatic rings. The average molecular weight is 242 g/mol. The summed E-state index contributed by atoms with van der Waals surface area (Å²) in [7, 11) is 0. The first kappa shape index (κ1) is 17.7. The molecular formula is C12H18O5. The second-order valence-corrected chi connectivity index (χ2v) is 3.00. The number of ether oxygens (including phenoxy) is 2. The summed E-state index contributed by atoms with van der Waals surface area (Å²) >= 11 is 0. The van der Waals surface area contributed by atoms with Gasteiger partial charge in [0.2, 0.25) is 0 Å². The average Bonchev–Trinajstić information content (AvgIpc) is 2.30. The quantitative estimate of drug-likeness (QED) is 0.384. The number of hydrogen-bond donors (Lipinski definition) is 0. The molecule has 0 atom stereocenters. The number of hydrogen-bond acceptors (Lipinski definition) is 5. The normalized spacial score (nSPS) is 8.35. The molecule has 17 heavy (non-hydrogen) atoms. The van der Waals surface area contributed by atoms with Crippen molar-refractivity contribution in [1.29, 1.82) is 0 Å². The van der Waals surface area contributed by atoms with E-state index in [9.17, 15) is 4.79 Å². The maximum absolute atomic E-state index is 11.1. The van der Waals surface area contributed by atoms with Crippen molar-refractivity contribution in [2.45, 2.75) is 20.3 Å². The van der Waals surface area contributed by atoms with Gasteiger partial charge in [-0.25, -0.2) is 4.79 Å². The first-order chi connectivity index (χ1) is 8.03. The summed E-state index contributed by atoms with van der Waals surface area (Å²) < 4.78 is 9.96. The first-order valence-corrected chi connectivity index (χ1v) is 5.11. The molecule has 0 aromatic carbocycles. The molecule has 0 saturated carbocycles. The van der Waals surface area contributed by atoms with Gasteiger partial charge in [0.1, 0.15) is 0 Å². The third kappa shape index (κ3) is 12.2. The molecule has 0 spiro atoms. The van der Waals surface area contributed by atoms with Gasteiger partial charge >= 0.3 is 12.1 Å². The van der Waals surface area contributed by atoms with E-state index in [4.69, 9.17) is 19.1 Å². The van der Waals surface area contributed by atoms with Crippen LogP contribution in [0.2, 0.25) is 0 Å². The predicted octanol–water partition coefficient (Wildman–Crippen LogP) is 1.50. The topological polar surface area (TPSA) is 69.7 Å². The van der Waals surface area contributed by atoms with Crippen LogP contribution in [0.15, 0.2) is 24.3 Å². The molecule has 0 aliphatic carbocycles. The van der Waals surface area contributed by atoms with E-state index in [1.165, 1.54) is 0 Å². The summed E-state index contributed by atoms with van der Waals surface area (Å²) in [5.74, 6) is -0.394. The van der Waals surface area contributed by atoms with Crippen molar-refractivity contribution >= 4 is 12.1 Å². The molecule has 0 fully saturated rings. The Bertz CT molecular complexity index is 287. The van der Waals surface area contributed by atoms with Crippen molar-refractivity contribution in [3.63, 3.8) is 0 Å². The Hall–Kier alpha value is -1.71. The van der Waals surface area contributed by atoms with Gasteiger partial charge in [0.15, 0.2) is 0 Å². The zero-order valence-corrected chi connectivity index (χ0v) is 10.3. The van der Waals surface area contributed by atoms with Crippen molar-refractivity contribution in [3.05, 3.63) is 24.3 Å². The fourth-order valence-corrected chi connectivity index (χ4v) is 0.713. The summed E-state index contributed by atoms with van der Waals surface area (Å²) in [6, 6.07) is 0. The Labute approximate surface area is 101 Å². The van der Waals surface area contributed by atoms with E-state index in [1.807, 2.05) is 6.92 Å². The van der Waals surface area contributed by atoms with E-state index in [2.05, 4.69) is 13.2 Å². The molecular weight excluding hydrogens is 224 g/mol. The smallest absolute Gasteiger partial charge is 0.373 e. The van der Waals surface area contributed by atoms with Crippen molar-refractivity contribution in [2.75, 3.05) is 19.8 Å². The third-order valence-electron chi connectivity index (χ3n) is 1.65. The molecule has 0 aliphatic heterocycles. The summed E-state index contributed by atoms with van der Waals surface area (Å²) in [6.07, 6.45) is 1.13. The minimum atomic E-state index is -0.394. The minimum absolute atomic E-state index is 0.206. The summed E-state index contributed by atoms with van der Waals surface area (Å²) in [5, 5.41) is 0. The molecule has 0 heterocycles. The maximum atomic E-state index is 11.1. The standard InChI is InChI=1S/C11H18O3.CO2/c1-5-9(3)7-13-8-10(4)11(12)14-6-2;2-1-3/h3-8H2,1-2H3;. The van der Waals surface area contributed by atoms with Gasteiger partial charge in [-0.05, 0) is 13.3 Å². The second kappa shape index (κ2) is 12.4. The molecule has 0 saturated heterocycles. The highest BCUT2D eigenvalue weighted by molar-refractivity contribution is 5.87. The van der Waals surface area contributed by atoms with Crippen molar-refractivity contribution < 1.29 is 23.9 Å². The van der Waals surface area contributed by atoms with Crippen LogP contribution in [0, 0.1) is 0 Å². The van der Waals surface area contributed by atoms with Gasteiger partial charge in [0.05, 0.1) is 25.4 Å². The van der Waals surface area contributed by atoms with Crippen LogP contribution < -0.4 is 0 Å². The van der Waals surface area contributed by atoms with Gasteiger partial charge in [0, 0.05) is 0 Å². The van der Waals surface area contributed by atoms with Crippen LogP contribution in [-0.2, 0) is 23.9 Å². The zero-order chi connectivity index (χ0) is 13.7. The van der Waals surface area contributed by atoms with Crippen LogP contribution in [0.1, 0.15) is 20.3 Å². The van der Waals surface area contributed by atoms with E-state index in [-0.39, 0.29) is 12.8 Å². The lowest BCUT2D eigenvalue weighted by atomic mass is 10.2. The van der Waals surface area contributed by atoms with E-state index >= 15 is 0 Å². The lowest BCUT2D eigenvalue weighted by Gasteiger charge is -2.07. The van der Waals surface area contributed by atoms with E-state index in [0.29, 0.717) is 18.8 Å². The lowest BCUT2D eigenvalue weighted by molar-refractivity contribution is -0.191. The van der Waals surface area contributed by atoms with Gasteiger partial charge in [-0.1, -0.05) is 25.7 Å². The van der Waals surface area contributed by atoms with Crippen molar-refractivity contribution in [1.82, 2.24) is 0 Å². The summed E-state index contributed by atoms with van der Waals surface area (Å²) in [6.45, 7) is 12.1. The van der Waals surface area contributed by atoms with Gasteiger partial charge < -0.3 is 9.47 Å². The molecule has 5 nitrogen and oxygen atoms in total. The zero-order valence-electron chi connectivity index (χ0n) is 10.3. The largest absolute Gasteiger partial charge is 0.463 e. The maximum Gasteiger partial charge on any atom is 0.373 e. The highest BCUT2D eigenvalue weighted by Crippen LogP contribution is 2.00. The highest BCUT2D eigenvalue weighted by Gasteiger charge is 2.07. The Balaban J connectivity index is 0. The molecule has 0 N–H and O–H groups in total. The molecule has 0 rings (SSSR count). The third-order valence-corrected chi connectivity index (χ3v) is 1.65. The number of carbonyl (C=O) groups excluding carboxylic acids is 3. The van der Waals surface area contributed by atoms with Crippen LogP contribution in [-0.4, -0.2) is 31.9 Å². The van der Waals surface area contributed by atoms with E-state index < -0.39 is 5.97 Å². The van der Waals surface area contributed by atoms with Crippen LogP contribution in [0.3, 0.4) is 0 Å². The number of carbonyl (C=O) groups is 1. The fraction of sp³-hybridized carbons (Fsp3) is 0.500. The monoisotopic (exact) mass is 242 g/mol. The SMILES string of the molecule is C=C(CC)COCC(=C)C(=O)OCC.O=C=O. The molecule has 0 unspecified atom stereocenters. The van der Waals surface area contributed by atoms with E-state index in [1.54, 1.807) is 6.92 Å². The number of rotatable bonds is 7. The Kier molecular flexibility index (Phi) is 12.9. The Morgan fingerprint density at radius 2 is 1.71 bits per heavy atom. The van der Waals surface area contributed by atoms with Gasteiger partial charge in [-0.2, -0.15) is 9.59 Å². The van der Waals surface area contributed by atoms with Gasteiger partial charge in [0.25, 0.3) is 0 Å². The fourth-order valence-electron chi connectivity index (χ4n) is 0.713. The highest BCUT2D eigenvalue weighted by atomic mass is 16.5. The molecule has 0 amide bonds. The number of esters is 1. The van der Waals surface area contributed by atoms with E-state index in [0.717, 1.165) is 12.0 Å². The van der Waals surface area contributed by atoms with Gasteiger partial charge in [-0.15, -0.1) is 0 Å². The van der Waals surface area contributed by atoms with Crippen molar-refractivity contribution in [2.24, 2.45) is 0 Å². The summed E-state index contributed by atoms with van der Waals surface area (Å²) in [4.78, 5) is 27.3. The molecule has 0 aromatic rings. The Morgan fingerprint density at radius 1 is 1.18 bits per heavy atom. The molecule has 5 heteroatoms.